The van der Waals surface area contributed by atoms with Crippen molar-refractivity contribution in [3.8, 4) is 0 Å². The lowest BCUT2D eigenvalue weighted by molar-refractivity contribution is 0.0503. The second kappa shape index (κ2) is 36.8. The molecule has 6 heteroatoms. The van der Waals surface area contributed by atoms with E-state index in [-0.39, 0.29) is 0 Å². The fraction of sp³-hybridized carbons (Fsp3) is 1.00. The van der Waals surface area contributed by atoms with Gasteiger partial charge < -0.3 is 29.1 Å². The van der Waals surface area contributed by atoms with Crippen LogP contribution >= 0.6 is 0 Å². The third kappa shape index (κ3) is 33.8. The van der Waals surface area contributed by atoms with Gasteiger partial charge >= 0.3 is 0 Å². The van der Waals surface area contributed by atoms with Gasteiger partial charge in [0.1, 0.15) is 0 Å². The van der Waals surface area contributed by atoms with Crippen molar-refractivity contribution in [1.29, 1.82) is 0 Å². The minimum absolute atomic E-state index is 0.911. The largest absolute Gasteiger partial charge is 0.381 e. The molecule has 4 aliphatic rings. The lowest BCUT2D eigenvalue weighted by Crippen LogP contribution is -2.42. The van der Waals surface area contributed by atoms with Gasteiger partial charge in [0.2, 0.25) is 0 Å². The number of piperazine rings is 1. The van der Waals surface area contributed by atoms with E-state index in [9.17, 15) is 0 Å². The Balaban J connectivity index is -0.000000186. The van der Waals surface area contributed by atoms with Crippen molar-refractivity contribution in [2.24, 2.45) is 11.8 Å². The maximum atomic E-state index is 5.14. The van der Waals surface area contributed by atoms with Crippen LogP contribution in [0.1, 0.15) is 94.9 Å². The summed E-state index contributed by atoms with van der Waals surface area (Å²) in [6, 6.07) is 0. The van der Waals surface area contributed by atoms with Crippen molar-refractivity contribution in [3.05, 3.63) is 0 Å². The second-order valence-electron chi connectivity index (χ2n) is 9.80. The molecule has 4 fully saturated rings. The third-order valence-electron chi connectivity index (χ3n) is 6.48. The Morgan fingerprint density at radius 3 is 0.868 bits per heavy atom. The van der Waals surface area contributed by atoms with Crippen LogP contribution in [0.5, 0.6) is 0 Å². The molecule has 6 nitrogen and oxygen atoms in total. The van der Waals surface area contributed by atoms with Crippen molar-refractivity contribution in [3.63, 3.8) is 0 Å². The molecular formula is C32H76N4O2. The Morgan fingerprint density at radius 1 is 0.368 bits per heavy atom. The van der Waals surface area contributed by atoms with Gasteiger partial charge in [0.15, 0.2) is 0 Å². The lowest BCUT2D eigenvalue weighted by Gasteiger charge is -2.28. The summed E-state index contributed by atoms with van der Waals surface area (Å²) in [5.74, 6) is 1.89. The highest BCUT2D eigenvalue weighted by Crippen LogP contribution is 2.13. The van der Waals surface area contributed by atoms with E-state index in [1.165, 1.54) is 65.0 Å². The number of morpholine rings is 1. The molecule has 0 spiro atoms. The smallest absolute Gasteiger partial charge is 0.0594 e. The molecule has 4 aliphatic heterocycles. The van der Waals surface area contributed by atoms with Crippen molar-refractivity contribution < 1.29 is 9.47 Å². The summed E-state index contributed by atoms with van der Waals surface area (Å²) in [5, 5.41) is 0. The first-order chi connectivity index (χ1) is 18.4. The molecule has 0 aromatic heterocycles. The number of hydrogen-bond donors (Lipinski definition) is 0. The zero-order valence-electron chi connectivity index (χ0n) is 29.1. The van der Waals surface area contributed by atoms with E-state index in [1.54, 1.807) is 0 Å². The predicted octanol–water partition coefficient (Wildman–Crippen LogP) is 6.70. The number of likely N-dealkylation sites (tertiary alicyclic amines) is 1. The molecule has 4 heterocycles. The molecule has 0 atom stereocenters. The van der Waals surface area contributed by atoms with Crippen molar-refractivity contribution in [2.75, 3.05) is 107 Å². The molecule has 4 rings (SSSR count). The number of nitrogens with zero attached hydrogens (tertiary/aromatic N) is 4. The normalized spacial score (nSPS) is 21.0. The molecule has 0 N–H and O–H groups in total. The highest BCUT2D eigenvalue weighted by Gasteiger charge is 2.11. The van der Waals surface area contributed by atoms with Gasteiger partial charge in [0.05, 0.1) is 13.2 Å². The van der Waals surface area contributed by atoms with Crippen molar-refractivity contribution in [1.82, 2.24) is 19.6 Å². The molecule has 4 saturated heterocycles. The summed E-state index contributed by atoms with van der Waals surface area (Å²) < 4.78 is 10.2. The molecule has 0 unspecified atom stereocenters. The second-order valence-corrected chi connectivity index (χ2v) is 9.80. The molecule has 0 amide bonds. The van der Waals surface area contributed by atoms with Crippen LogP contribution in [0.2, 0.25) is 0 Å². The number of ether oxygens (including phenoxy) is 2. The zero-order chi connectivity index (χ0) is 30.2. The van der Waals surface area contributed by atoms with Gasteiger partial charge in [0, 0.05) is 52.5 Å². The Kier molecular flexibility index (Phi) is 43.3. The van der Waals surface area contributed by atoms with Crippen molar-refractivity contribution in [2.45, 2.75) is 94.9 Å². The first-order valence-corrected chi connectivity index (χ1v) is 16.3. The quantitative estimate of drug-likeness (QED) is 0.335. The molecule has 38 heavy (non-hydrogen) atoms. The Labute approximate surface area is 242 Å². The standard InChI is InChI=1S/C7H15N.C6H14N2.C6H12O.C5H11NO.4C2H6/c2*1-7-3-5-8(2)6-4-7;2*1-6-2-4-7-5-3-6;4*1-2/h7H,3-6H2,1-2H3;3-6H2,1-2H3;6H,2-5H2,1H3;2-5H2,1H3;4*1-2H3. The molecule has 236 valence electrons. The van der Waals surface area contributed by atoms with E-state index >= 15 is 0 Å². The average molecular weight is 549 g/mol. The van der Waals surface area contributed by atoms with Crippen molar-refractivity contribution >= 4 is 0 Å². The Hall–Kier alpha value is -0.240. The van der Waals surface area contributed by atoms with Gasteiger partial charge in [-0.15, -0.1) is 0 Å². The van der Waals surface area contributed by atoms with Crippen LogP contribution < -0.4 is 0 Å². The number of hydrogen-bond acceptors (Lipinski definition) is 6. The maximum Gasteiger partial charge on any atom is 0.0594 e. The Bertz CT molecular complexity index is 318. The molecule has 0 aromatic rings. The summed E-state index contributed by atoms with van der Waals surface area (Å²) in [6.07, 6.45) is 5.33. The van der Waals surface area contributed by atoms with E-state index in [4.69, 9.17) is 9.47 Å². The Morgan fingerprint density at radius 2 is 0.632 bits per heavy atom. The van der Waals surface area contributed by atoms with Crippen LogP contribution in [0.3, 0.4) is 0 Å². The molecule has 0 aliphatic carbocycles. The minimum atomic E-state index is 0.911. The highest BCUT2D eigenvalue weighted by atomic mass is 16.5. The fourth-order valence-corrected chi connectivity index (χ4v) is 3.51. The summed E-state index contributed by atoms with van der Waals surface area (Å²) in [4.78, 5) is 9.39. The molecular weight excluding hydrogens is 472 g/mol. The number of likely N-dealkylation sites (N-methyl/N-ethyl adjacent to an activating group) is 3. The van der Waals surface area contributed by atoms with E-state index in [2.05, 4.69) is 61.6 Å². The van der Waals surface area contributed by atoms with Gasteiger partial charge in [-0.1, -0.05) is 69.2 Å². The monoisotopic (exact) mass is 549 g/mol. The summed E-state index contributed by atoms with van der Waals surface area (Å²) >= 11 is 0. The minimum Gasteiger partial charge on any atom is -0.381 e. The zero-order valence-corrected chi connectivity index (χ0v) is 29.1. The van der Waals surface area contributed by atoms with Crippen LogP contribution in [0.25, 0.3) is 0 Å². The first kappa shape index (κ1) is 44.8. The molecule has 0 radical (unpaired) electrons. The third-order valence-corrected chi connectivity index (χ3v) is 6.48. The van der Waals surface area contributed by atoms with Gasteiger partial charge in [-0.05, 0) is 78.8 Å². The van der Waals surface area contributed by atoms with Crippen LogP contribution in [-0.4, -0.2) is 127 Å². The van der Waals surface area contributed by atoms with E-state index in [0.717, 1.165) is 51.4 Å². The number of rotatable bonds is 0. The predicted molar refractivity (Wildman–Crippen MR) is 174 cm³/mol. The maximum absolute atomic E-state index is 5.14. The van der Waals surface area contributed by atoms with Gasteiger partial charge in [-0.3, -0.25) is 0 Å². The summed E-state index contributed by atoms with van der Waals surface area (Å²) in [5.41, 5.74) is 0. The number of piperidine rings is 1. The summed E-state index contributed by atoms with van der Waals surface area (Å²) in [6.45, 7) is 34.2. The van der Waals surface area contributed by atoms with Crippen LogP contribution in [0.15, 0.2) is 0 Å². The summed E-state index contributed by atoms with van der Waals surface area (Å²) in [7, 11) is 8.66. The van der Waals surface area contributed by atoms with Gasteiger partial charge in [0.25, 0.3) is 0 Å². The van der Waals surface area contributed by atoms with E-state index in [1.807, 2.05) is 55.4 Å². The van der Waals surface area contributed by atoms with Gasteiger partial charge in [-0.25, -0.2) is 0 Å². The topological polar surface area (TPSA) is 31.4 Å². The van der Waals surface area contributed by atoms with E-state index in [0.29, 0.717) is 0 Å². The molecule has 0 saturated carbocycles. The first-order valence-electron chi connectivity index (χ1n) is 16.3. The molecule has 0 aromatic carbocycles. The lowest BCUT2D eigenvalue weighted by atomic mass is 10.00. The SMILES string of the molecule is CC.CC.CC.CC.CC1CCN(C)CC1.CC1CCOCC1.CN1CCN(C)CC1.CN1CCOCC1. The van der Waals surface area contributed by atoms with Gasteiger partial charge in [-0.2, -0.15) is 0 Å². The van der Waals surface area contributed by atoms with Crippen LogP contribution in [0, 0.1) is 11.8 Å². The van der Waals surface area contributed by atoms with E-state index < -0.39 is 0 Å². The fourth-order valence-electron chi connectivity index (χ4n) is 3.51. The van der Waals surface area contributed by atoms with Crippen LogP contribution in [-0.2, 0) is 9.47 Å². The molecule has 0 bridgehead atoms. The average Bonchev–Trinajstić information content (AvgIpc) is 2.98. The van der Waals surface area contributed by atoms with Crippen LogP contribution in [0.4, 0.5) is 0 Å². The highest BCUT2D eigenvalue weighted by molar-refractivity contribution is 4.65.